The molecular formula is C33H36N8O4. The lowest BCUT2D eigenvalue weighted by molar-refractivity contribution is -0.142. The maximum Gasteiger partial charge on any atom is 0.410 e. The van der Waals surface area contributed by atoms with Crippen molar-refractivity contribution < 1.29 is 14.3 Å². The number of hydrogen-bond donors (Lipinski definition) is 2. The van der Waals surface area contributed by atoms with E-state index >= 15 is 0 Å². The Morgan fingerprint density at radius 3 is 2.51 bits per heavy atom. The monoisotopic (exact) mass is 608 g/mol. The predicted octanol–water partition coefficient (Wildman–Crippen LogP) is 4.10. The van der Waals surface area contributed by atoms with Crippen molar-refractivity contribution in [3.8, 4) is 0 Å². The van der Waals surface area contributed by atoms with Gasteiger partial charge in [0.05, 0.1) is 16.6 Å². The smallest absolute Gasteiger partial charge is 0.410 e. The molecule has 5 aromatic rings. The van der Waals surface area contributed by atoms with Gasteiger partial charge in [-0.3, -0.25) is 19.4 Å². The van der Waals surface area contributed by atoms with Crippen LogP contribution in [0.5, 0.6) is 0 Å². The van der Waals surface area contributed by atoms with Gasteiger partial charge in [0.1, 0.15) is 5.52 Å². The zero-order chi connectivity index (χ0) is 30.9. The van der Waals surface area contributed by atoms with Gasteiger partial charge < -0.3 is 19.5 Å². The molecule has 2 saturated heterocycles. The molecule has 1 unspecified atom stereocenters. The summed E-state index contributed by atoms with van der Waals surface area (Å²) < 4.78 is 7.83. The van der Waals surface area contributed by atoms with E-state index in [4.69, 9.17) is 4.74 Å². The van der Waals surface area contributed by atoms with Crippen molar-refractivity contribution in [2.75, 3.05) is 26.2 Å². The Labute approximate surface area is 259 Å². The second-order valence-corrected chi connectivity index (χ2v) is 12.1. The number of aryl methyl sites for hydroxylation is 1. The molecule has 232 valence electrons. The number of benzene rings is 2. The van der Waals surface area contributed by atoms with Crippen LogP contribution in [0.1, 0.15) is 54.5 Å². The minimum atomic E-state index is -0.985. The van der Waals surface area contributed by atoms with Crippen LogP contribution < -0.4 is 5.69 Å². The number of imidazole rings is 1. The molecule has 0 bridgehead atoms. The van der Waals surface area contributed by atoms with Crippen LogP contribution in [0.25, 0.3) is 22.1 Å². The number of H-pyrrole nitrogens is 2. The molecule has 2 fully saturated rings. The van der Waals surface area contributed by atoms with E-state index in [0.29, 0.717) is 50.5 Å². The molecule has 2 aliphatic heterocycles. The lowest BCUT2D eigenvalue weighted by atomic mass is 9.92. The van der Waals surface area contributed by atoms with Gasteiger partial charge in [-0.05, 0) is 74.1 Å². The average Bonchev–Trinajstić information content (AvgIpc) is 3.68. The van der Waals surface area contributed by atoms with Crippen molar-refractivity contribution in [1.82, 2.24) is 39.7 Å². The summed E-state index contributed by atoms with van der Waals surface area (Å²) in [4.78, 5) is 51.2. The summed E-state index contributed by atoms with van der Waals surface area (Å²) in [6.07, 6.45) is 3.36. The Kier molecular flexibility index (Phi) is 7.78. The Morgan fingerprint density at radius 2 is 1.73 bits per heavy atom. The fourth-order valence-corrected chi connectivity index (χ4v) is 6.86. The molecule has 45 heavy (non-hydrogen) atoms. The second kappa shape index (κ2) is 12.2. The molecule has 2 aliphatic rings. The lowest BCUT2D eigenvalue weighted by Gasteiger charge is -2.35. The van der Waals surface area contributed by atoms with Gasteiger partial charge in [0, 0.05) is 56.5 Å². The van der Waals surface area contributed by atoms with Gasteiger partial charge in [-0.25, -0.2) is 9.59 Å². The topological polar surface area (TPSA) is 142 Å². The molecule has 1 atom stereocenters. The third-order valence-electron chi connectivity index (χ3n) is 9.26. The number of para-hydroxylation sites is 2. The first kappa shape index (κ1) is 28.8. The molecule has 12 heteroatoms. The maximum atomic E-state index is 14.0. The predicted molar refractivity (Wildman–Crippen MR) is 168 cm³/mol. The summed E-state index contributed by atoms with van der Waals surface area (Å²) in [7, 11) is 0. The number of nitrogens with zero attached hydrogens (tertiary/aromatic N) is 6. The van der Waals surface area contributed by atoms with Gasteiger partial charge in [-0.15, -0.1) is 5.10 Å². The Bertz CT molecular complexity index is 1880. The number of likely N-dealkylation sites (tertiary alicyclic amines) is 2. The summed E-state index contributed by atoms with van der Waals surface area (Å²) in [6.45, 7) is 3.95. The van der Waals surface area contributed by atoms with Crippen molar-refractivity contribution in [3.05, 3.63) is 88.1 Å². The second-order valence-electron chi connectivity index (χ2n) is 12.1. The molecule has 2 aromatic carbocycles. The first-order chi connectivity index (χ1) is 21.9. The van der Waals surface area contributed by atoms with Gasteiger partial charge in [-0.2, -0.15) is 0 Å². The largest absolute Gasteiger partial charge is 0.436 e. The standard InChI is InChI=1S/C33H36N8O4/c1-21-18-22(19-27-30(21)37-38-36-27)20-29(31(42)39-14-9-23(10-15-39)25-6-4-5-13-34-25)45-33(44)40-16-11-24(12-17-40)41-28-8-3-2-7-26(28)35-32(41)43/h2-8,13,18-19,23-24,29H,9-12,14-17,20H2,1H3,(H,35,43)(H,36,37,38). The van der Waals surface area contributed by atoms with E-state index in [1.54, 1.807) is 15.7 Å². The van der Waals surface area contributed by atoms with Crippen LogP contribution in [0.2, 0.25) is 0 Å². The Hall–Kier alpha value is -5.00. The minimum Gasteiger partial charge on any atom is -0.436 e. The van der Waals surface area contributed by atoms with Crippen LogP contribution in [-0.2, 0) is 16.0 Å². The number of pyridine rings is 1. The highest BCUT2D eigenvalue weighted by Gasteiger charge is 2.34. The number of amides is 2. The number of carbonyl (C=O) groups is 2. The van der Waals surface area contributed by atoms with Gasteiger partial charge >= 0.3 is 11.8 Å². The average molecular weight is 609 g/mol. The number of carbonyl (C=O) groups excluding carboxylic acids is 2. The van der Waals surface area contributed by atoms with E-state index < -0.39 is 12.2 Å². The van der Waals surface area contributed by atoms with Crippen LogP contribution in [0.15, 0.2) is 65.6 Å². The van der Waals surface area contributed by atoms with Crippen molar-refractivity contribution in [1.29, 1.82) is 0 Å². The van der Waals surface area contributed by atoms with Crippen LogP contribution in [0, 0.1) is 6.92 Å². The third-order valence-corrected chi connectivity index (χ3v) is 9.26. The van der Waals surface area contributed by atoms with E-state index in [1.807, 2.05) is 66.4 Å². The first-order valence-electron chi connectivity index (χ1n) is 15.6. The number of rotatable bonds is 6. The molecular weight excluding hydrogens is 572 g/mol. The number of hydrogen-bond acceptors (Lipinski definition) is 7. The number of aromatic amines is 2. The summed E-state index contributed by atoms with van der Waals surface area (Å²) in [5, 5.41) is 11.0. The van der Waals surface area contributed by atoms with Crippen LogP contribution in [0.3, 0.4) is 0 Å². The number of fused-ring (bicyclic) bond motifs is 2. The fourth-order valence-electron chi connectivity index (χ4n) is 6.86. The quantitative estimate of drug-likeness (QED) is 0.296. The molecule has 0 spiro atoms. The highest BCUT2D eigenvalue weighted by molar-refractivity contribution is 5.85. The van der Waals surface area contributed by atoms with E-state index in [0.717, 1.165) is 46.2 Å². The molecule has 2 amide bonds. The maximum absolute atomic E-state index is 14.0. The van der Waals surface area contributed by atoms with Crippen molar-refractivity contribution in [3.63, 3.8) is 0 Å². The zero-order valence-corrected chi connectivity index (χ0v) is 25.2. The molecule has 0 radical (unpaired) electrons. The van der Waals surface area contributed by atoms with Gasteiger partial charge in [0.15, 0.2) is 6.10 Å². The summed E-state index contributed by atoms with van der Waals surface area (Å²) >= 11 is 0. The fraction of sp³-hybridized carbons (Fsp3) is 0.394. The highest BCUT2D eigenvalue weighted by Crippen LogP contribution is 2.29. The van der Waals surface area contributed by atoms with E-state index in [-0.39, 0.29) is 24.1 Å². The zero-order valence-electron chi connectivity index (χ0n) is 25.2. The molecule has 5 heterocycles. The van der Waals surface area contributed by atoms with Gasteiger partial charge in [-0.1, -0.05) is 29.5 Å². The van der Waals surface area contributed by atoms with Crippen molar-refractivity contribution in [2.45, 2.75) is 57.1 Å². The van der Waals surface area contributed by atoms with Crippen LogP contribution in [0.4, 0.5) is 4.79 Å². The van der Waals surface area contributed by atoms with E-state index in [1.165, 1.54) is 0 Å². The summed E-state index contributed by atoms with van der Waals surface area (Å²) in [5.74, 6) is 0.0976. The normalized spacial score (nSPS) is 17.2. The van der Waals surface area contributed by atoms with Crippen LogP contribution in [-0.4, -0.2) is 84.0 Å². The van der Waals surface area contributed by atoms with E-state index in [2.05, 4.69) is 25.4 Å². The molecule has 3 aromatic heterocycles. The third kappa shape index (κ3) is 5.79. The number of ether oxygens (including phenoxy) is 1. The molecule has 2 N–H and O–H groups in total. The lowest BCUT2D eigenvalue weighted by Crippen LogP contribution is -2.48. The number of piperidine rings is 2. The Morgan fingerprint density at radius 1 is 0.978 bits per heavy atom. The van der Waals surface area contributed by atoms with E-state index in [9.17, 15) is 14.4 Å². The van der Waals surface area contributed by atoms with Crippen molar-refractivity contribution >= 4 is 34.1 Å². The number of aromatic nitrogens is 6. The summed E-state index contributed by atoms with van der Waals surface area (Å²) in [6, 6.07) is 17.4. The Balaban J connectivity index is 1.05. The summed E-state index contributed by atoms with van der Waals surface area (Å²) in [5.41, 5.74) is 5.91. The molecule has 0 saturated carbocycles. The van der Waals surface area contributed by atoms with Gasteiger partial charge in [0.2, 0.25) is 0 Å². The minimum absolute atomic E-state index is 0.0345. The highest BCUT2D eigenvalue weighted by atomic mass is 16.6. The SMILES string of the molecule is Cc1cc(CC(OC(=O)N2CCC(n3c(=O)[nH]c4ccccc43)CC2)C(=O)N2CCC(c3ccccn3)CC2)cc2nn[nH]c12. The molecule has 0 aliphatic carbocycles. The van der Waals surface area contributed by atoms with Gasteiger partial charge in [0.25, 0.3) is 5.91 Å². The number of nitrogens with one attached hydrogen (secondary N) is 2. The van der Waals surface area contributed by atoms with Crippen molar-refractivity contribution in [2.24, 2.45) is 0 Å². The molecule has 12 nitrogen and oxygen atoms in total. The van der Waals surface area contributed by atoms with Crippen LogP contribution >= 0.6 is 0 Å². The first-order valence-corrected chi connectivity index (χ1v) is 15.6. The molecule has 7 rings (SSSR count).